The Morgan fingerprint density at radius 1 is 0.205 bits per heavy atom. The van der Waals surface area contributed by atoms with Gasteiger partial charge < -0.3 is 4.57 Å². The molecule has 0 saturated heterocycles. The van der Waals surface area contributed by atoms with E-state index in [9.17, 15) is 0 Å². The predicted octanol–water partition coefficient (Wildman–Crippen LogP) is 18.9. The number of fused-ring (bicyclic) bond motifs is 7. The van der Waals surface area contributed by atoms with Gasteiger partial charge in [0.1, 0.15) is 0 Å². The first-order valence-electron chi connectivity index (χ1n) is 26.5. The molecule has 0 atom stereocenters. The third-order valence-corrected chi connectivity index (χ3v) is 15.4. The summed E-state index contributed by atoms with van der Waals surface area (Å²) in [5.74, 6) is 1.74. The molecule has 0 amide bonds. The monoisotopic (exact) mass is 993 g/mol. The van der Waals surface area contributed by atoms with Gasteiger partial charge in [0, 0.05) is 38.1 Å². The number of hydrogen-bond acceptors (Lipinski definition) is 3. The van der Waals surface area contributed by atoms with Crippen LogP contribution in [0.3, 0.4) is 0 Å². The van der Waals surface area contributed by atoms with Crippen LogP contribution in [0.1, 0.15) is 0 Å². The van der Waals surface area contributed by atoms with Crippen molar-refractivity contribution in [2.75, 3.05) is 0 Å². The van der Waals surface area contributed by atoms with Gasteiger partial charge in [-0.2, -0.15) is 9.97 Å². The first kappa shape index (κ1) is 44.9. The summed E-state index contributed by atoms with van der Waals surface area (Å²) in [6, 6.07) is 102. The quantitative estimate of drug-likeness (QED) is 0.145. The third kappa shape index (κ3) is 7.84. The summed E-state index contributed by atoms with van der Waals surface area (Å²) in [6.07, 6.45) is 0. The molecule has 78 heavy (non-hydrogen) atoms. The fourth-order valence-electron chi connectivity index (χ4n) is 11.5. The zero-order chi connectivity index (χ0) is 51.5. The summed E-state index contributed by atoms with van der Waals surface area (Å²) in [4.78, 5) is 16.0. The predicted molar refractivity (Wildman–Crippen MR) is 324 cm³/mol. The van der Waals surface area contributed by atoms with Gasteiger partial charge in [-0.3, -0.25) is 4.57 Å². The van der Waals surface area contributed by atoms with Gasteiger partial charge in [-0.15, -0.1) is 0 Å². The van der Waals surface area contributed by atoms with Crippen LogP contribution in [0.15, 0.2) is 285 Å². The van der Waals surface area contributed by atoms with Crippen LogP contribution in [-0.4, -0.2) is 24.1 Å². The van der Waals surface area contributed by atoms with Gasteiger partial charge in [-0.1, -0.05) is 231 Å². The first-order valence-corrected chi connectivity index (χ1v) is 26.5. The molecule has 0 bridgehead atoms. The minimum absolute atomic E-state index is 0.548. The zero-order valence-electron chi connectivity index (χ0n) is 42.4. The Balaban J connectivity index is 0.928. The second kappa shape index (κ2) is 18.7. The molecule has 12 aromatic carbocycles. The number of nitrogens with zero attached hydrogens (tertiary/aromatic N) is 5. The van der Waals surface area contributed by atoms with E-state index >= 15 is 0 Å². The summed E-state index contributed by atoms with van der Waals surface area (Å²) < 4.78 is 4.67. The molecule has 0 saturated carbocycles. The minimum Gasteiger partial charge on any atom is -0.309 e. The van der Waals surface area contributed by atoms with Crippen molar-refractivity contribution < 1.29 is 0 Å². The molecule has 0 unspecified atom stereocenters. The van der Waals surface area contributed by atoms with E-state index < -0.39 is 0 Å². The molecule has 0 N–H and O–H groups in total. The van der Waals surface area contributed by atoms with E-state index in [2.05, 4.69) is 282 Å². The van der Waals surface area contributed by atoms with E-state index in [0.29, 0.717) is 17.6 Å². The fraction of sp³-hybridized carbons (Fsp3) is 0. The van der Waals surface area contributed by atoms with Crippen molar-refractivity contribution in [1.82, 2.24) is 24.1 Å². The highest BCUT2D eigenvalue weighted by molar-refractivity contribution is 6.14. The molecule has 0 aliphatic rings. The van der Waals surface area contributed by atoms with Crippen molar-refractivity contribution in [3.05, 3.63) is 285 Å². The Labute approximate surface area is 451 Å². The Morgan fingerprint density at radius 3 is 0.936 bits per heavy atom. The molecule has 5 nitrogen and oxygen atoms in total. The van der Waals surface area contributed by atoms with Crippen LogP contribution >= 0.6 is 0 Å². The van der Waals surface area contributed by atoms with Crippen LogP contribution in [0, 0.1) is 0 Å². The van der Waals surface area contributed by atoms with Gasteiger partial charge in [-0.05, 0) is 116 Å². The van der Waals surface area contributed by atoms with Gasteiger partial charge in [-0.25, -0.2) is 4.98 Å². The van der Waals surface area contributed by atoms with Crippen LogP contribution in [0.5, 0.6) is 0 Å². The van der Waals surface area contributed by atoms with Gasteiger partial charge in [0.05, 0.1) is 27.8 Å². The molecule has 5 heteroatoms. The van der Waals surface area contributed by atoms with Crippen molar-refractivity contribution in [2.24, 2.45) is 0 Å². The Kier molecular flexibility index (Phi) is 10.8. The maximum absolute atomic E-state index is 5.38. The van der Waals surface area contributed by atoms with Gasteiger partial charge in [0.2, 0.25) is 5.95 Å². The average Bonchev–Trinajstić information content (AvgIpc) is 4.25. The molecular weight excluding hydrogens is 947 g/mol. The molecule has 3 aromatic heterocycles. The van der Waals surface area contributed by atoms with E-state index in [1.807, 2.05) is 12.1 Å². The molecule has 0 spiro atoms. The standard InChI is InChI=1S/C73H47N5/c1-5-16-48(17-6-1)52-28-32-55(33-29-52)71-74-72(56-34-30-53(31-35-56)49-18-7-2-8-19-49)76-73(75-71)78-69-42-37-58(51-22-11-4-12-23-51)45-64(69)65-47-60(39-43-70(65)78)59-38-41-68-63(46-59)62-44-57(50-20-9-3-10-21-50)36-40-67(62)77(68)66-27-15-25-54-24-13-14-26-61(54)66/h1-47H. The lowest BCUT2D eigenvalue weighted by molar-refractivity contribution is 0.953. The molecule has 3 heterocycles. The van der Waals surface area contributed by atoms with Gasteiger partial charge >= 0.3 is 0 Å². The summed E-state index contributed by atoms with van der Waals surface area (Å²) in [7, 11) is 0. The van der Waals surface area contributed by atoms with Crippen molar-refractivity contribution in [2.45, 2.75) is 0 Å². The van der Waals surface area contributed by atoms with E-state index in [0.717, 1.165) is 88.6 Å². The van der Waals surface area contributed by atoms with Crippen molar-refractivity contribution in [3.63, 3.8) is 0 Å². The van der Waals surface area contributed by atoms with E-state index in [1.165, 1.54) is 38.2 Å². The summed E-state index contributed by atoms with van der Waals surface area (Å²) in [5, 5.41) is 7.04. The first-order chi connectivity index (χ1) is 38.6. The van der Waals surface area contributed by atoms with Crippen molar-refractivity contribution in [1.29, 1.82) is 0 Å². The molecule has 364 valence electrons. The molecule has 0 fully saturated rings. The zero-order valence-corrected chi connectivity index (χ0v) is 42.4. The molecule has 15 aromatic rings. The number of hydrogen-bond donors (Lipinski definition) is 0. The van der Waals surface area contributed by atoms with Gasteiger partial charge in [0.15, 0.2) is 11.6 Å². The molecule has 15 rings (SSSR count). The SMILES string of the molecule is c1ccc(-c2ccc(-c3nc(-c4ccc(-c5ccccc5)cc4)nc(-n4c5ccc(-c6ccccc6)cc5c5cc(-c6ccc7c(c6)c6cc(-c8ccccc8)ccc6n7-c6cccc7ccccc67)ccc54)n3)cc2)cc1. The normalized spacial score (nSPS) is 11.6. The van der Waals surface area contributed by atoms with E-state index in [1.54, 1.807) is 0 Å². The molecule has 0 aliphatic heterocycles. The van der Waals surface area contributed by atoms with Crippen molar-refractivity contribution in [3.8, 4) is 90.0 Å². The minimum atomic E-state index is 0.548. The average molecular weight is 994 g/mol. The Hall–Kier alpha value is -10.5. The highest BCUT2D eigenvalue weighted by Gasteiger charge is 2.21. The topological polar surface area (TPSA) is 48.5 Å². The van der Waals surface area contributed by atoms with Crippen molar-refractivity contribution >= 4 is 54.4 Å². The maximum Gasteiger partial charge on any atom is 0.238 e. The number of aromatic nitrogens is 5. The van der Waals surface area contributed by atoms with E-state index in [4.69, 9.17) is 15.0 Å². The Bertz CT molecular complexity index is 4630. The van der Waals surface area contributed by atoms with Crippen LogP contribution in [0.25, 0.3) is 144 Å². The van der Waals surface area contributed by atoms with Crippen LogP contribution < -0.4 is 0 Å². The summed E-state index contributed by atoms with van der Waals surface area (Å²) in [6.45, 7) is 0. The van der Waals surface area contributed by atoms with E-state index in [-0.39, 0.29) is 0 Å². The lowest BCUT2D eigenvalue weighted by atomic mass is 9.98. The largest absolute Gasteiger partial charge is 0.309 e. The van der Waals surface area contributed by atoms with Gasteiger partial charge in [0.25, 0.3) is 0 Å². The number of rotatable bonds is 9. The lowest BCUT2D eigenvalue weighted by Gasteiger charge is -2.12. The van der Waals surface area contributed by atoms with Crippen LogP contribution in [-0.2, 0) is 0 Å². The lowest BCUT2D eigenvalue weighted by Crippen LogP contribution is -2.06. The van der Waals surface area contributed by atoms with Crippen LogP contribution in [0.2, 0.25) is 0 Å². The smallest absolute Gasteiger partial charge is 0.238 e. The summed E-state index contributed by atoms with van der Waals surface area (Å²) in [5.41, 5.74) is 18.8. The van der Waals surface area contributed by atoms with Crippen LogP contribution in [0.4, 0.5) is 0 Å². The molecular formula is C73H47N5. The third-order valence-electron chi connectivity index (χ3n) is 15.4. The second-order valence-electron chi connectivity index (χ2n) is 20.0. The summed E-state index contributed by atoms with van der Waals surface area (Å²) >= 11 is 0. The Morgan fingerprint density at radius 2 is 0.513 bits per heavy atom. The highest BCUT2D eigenvalue weighted by atomic mass is 15.2. The maximum atomic E-state index is 5.38. The second-order valence-corrected chi connectivity index (χ2v) is 20.0. The molecule has 0 radical (unpaired) electrons. The fourth-order valence-corrected chi connectivity index (χ4v) is 11.5. The molecule has 0 aliphatic carbocycles. The highest BCUT2D eigenvalue weighted by Crippen LogP contribution is 2.42. The number of benzene rings is 12.